The molecule has 2 aromatic heterocycles. The second-order valence-corrected chi connectivity index (χ2v) is 7.10. The summed E-state index contributed by atoms with van der Waals surface area (Å²) in [6, 6.07) is 5.55. The van der Waals surface area contributed by atoms with Gasteiger partial charge in [0, 0.05) is 49.4 Å². The maximum Gasteiger partial charge on any atom is 0.419 e. The van der Waals surface area contributed by atoms with Crippen molar-refractivity contribution < 1.29 is 22.4 Å². The molecule has 0 N–H and O–H groups in total. The number of hydrogen-bond donors (Lipinski definition) is 0. The van der Waals surface area contributed by atoms with Crippen molar-refractivity contribution in [1.29, 1.82) is 0 Å². The Bertz CT molecular complexity index is 1060. The number of alkyl halides is 3. The molecule has 0 aliphatic rings. The SMILES string of the molecule is CCN(C(=O)c1c(F)cccc1-c1ncccn1)[C@@H](C)CCc1ncc(C(F)(F)F)cn1. The van der Waals surface area contributed by atoms with Crippen LogP contribution in [0.5, 0.6) is 0 Å². The van der Waals surface area contributed by atoms with Gasteiger partial charge < -0.3 is 4.90 Å². The lowest BCUT2D eigenvalue weighted by Crippen LogP contribution is -2.39. The fourth-order valence-corrected chi connectivity index (χ4v) is 3.29. The molecule has 0 saturated carbocycles. The number of halogens is 4. The first-order valence-electron chi connectivity index (χ1n) is 9.97. The molecule has 1 aromatic carbocycles. The Labute approximate surface area is 182 Å². The molecule has 3 rings (SSSR count). The Morgan fingerprint density at radius 1 is 1.06 bits per heavy atom. The van der Waals surface area contributed by atoms with Crippen LogP contribution in [0.4, 0.5) is 17.6 Å². The van der Waals surface area contributed by atoms with E-state index >= 15 is 0 Å². The van der Waals surface area contributed by atoms with Crippen LogP contribution in [-0.4, -0.2) is 43.3 Å². The molecule has 10 heteroatoms. The molecule has 1 amide bonds. The minimum Gasteiger partial charge on any atom is -0.336 e. The number of benzene rings is 1. The molecule has 0 fully saturated rings. The van der Waals surface area contributed by atoms with Gasteiger partial charge in [-0.25, -0.2) is 24.3 Å². The van der Waals surface area contributed by atoms with E-state index in [0.717, 1.165) is 12.4 Å². The molecule has 6 nitrogen and oxygen atoms in total. The second-order valence-electron chi connectivity index (χ2n) is 7.10. The lowest BCUT2D eigenvalue weighted by atomic mass is 10.0. The zero-order valence-corrected chi connectivity index (χ0v) is 17.5. The molecule has 0 radical (unpaired) electrons. The predicted molar refractivity (Wildman–Crippen MR) is 109 cm³/mol. The van der Waals surface area contributed by atoms with E-state index in [1.807, 2.05) is 0 Å². The highest BCUT2D eigenvalue weighted by atomic mass is 19.4. The normalized spacial score (nSPS) is 12.4. The Hall–Kier alpha value is -3.43. The highest BCUT2D eigenvalue weighted by Crippen LogP contribution is 2.28. The smallest absolute Gasteiger partial charge is 0.336 e. The van der Waals surface area contributed by atoms with E-state index in [2.05, 4.69) is 19.9 Å². The minimum absolute atomic E-state index is 0.127. The fourth-order valence-electron chi connectivity index (χ4n) is 3.29. The van der Waals surface area contributed by atoms with Crippen LogP contribution in [0.15, 0.2) is 49.1 Å². The Morgan fingerprint density at radius 2 is 1.72 bits per heavy atom. The van der Waals surface area contributed by atoms with E-state index in [1.54, 1.807) is 26.0 Å². The topological polar surface area (TPSA) is 71.9 Å². The van der Waals surface area contributed by atoms with E-state index in [4.69, 9.17) is 0 Å². The quantitative estimate of drug-likeness (QED) is 0.496. The molecule has 32 heavy (non-hydrogen) atoms. The lowest BCUT2D eigenvalue weighted by molar-refractivity contribution is -0.138. The summed E-state index contributed by atoms with van der Waals surface area (Å²) in [6.07, 6.45) is 0.628. The number of rotatable bonds is 7. The molecule has 168 valence electrons. The number of hydrogen-bond acceptors (Lipinski definition) is 5. The third-order valence-corrected chi connectivity index (χ3v) is 4.99. The number of aryl methyl sites for hydroxylation is 1. The van der Waals surface area contributed by atoms with Crippen molar-refractivity contribution >= 4 is 5.91 Å². The lowest BCUT2D eigenvalue weighted by Gasteiger charge is -2.29. The zero-order chi connectivity index (χ0) is 23.3. The van der Waals surface area contributed by atoms with Gasteiger partial charge in [0.05, 0.1) is 11.1 Å². The third-order valence-electron chi connectivity index (χ3n) is 4.99. The van der Waals surface area contributed by atoms with Crippen LogP contribution in [0.2, 0.25) is 0 Å². The first kappa shape index (κ1) is 23.2. The number of aromatic nitrogens is 4. The summed E-state index contributed by atoms with van der Waals surface area (Å²) in [5.41, 5.74) is -0.764. The zero-order valence-electron chi connectivity index (χ0n) is 17.5. The van der Waals surface area contributed by atoms with Crippen LogP contribution in [0, 0.1) is 5.82 Å². The number of amides is 1. The largest absolute Gasteiger partial charge is 0.419 e. The van der Waals surface area contributed by atoms with E-state index in [9.17, 15) is 22.4 Å². The molecule has 0 aliphatic heterocycles. The van der Waals surface area contributed by atoms with Gasteiger partial charge in [-0.2, -0.15) is 13.2 Å². The number of carbonyl (C=O) groups is 1. The summed E-state index contributed by atoms with van der Waals surface area (Å²) in [4.78, 5) is 30.5. The van der Waals surface area contributed by atoms with Crippen molar-refractivity contribution in [1.82, 2.24) is 24.8 Å². The van der Waals surface area contributed by atoms with Gasteiger partial charge >= 0.3 is 6.18 Å². The predicted octanol–water partition coefficient (Wildman–Crippen LogP) is 4.57. The van der Waals surface area contributed by atoms with E-state index < -0.39 is 23.5 Å². The third kappa shape index (κ3) is 5.24. The van der Waals surface area contributed by atoms with Gasteiger partial charge in [-0.1, -0.05) is 12.1 Å². The fraction of sp³-hybridized carbons (Fsp3) is 0.318. The Kier molecular flexibility index (Phi) is 7.12. The van der Waals surface area contributed by atoms with Crippen molar-refractivity contribution in [3.8, 4) is 11.4 Å². The molecule has 0 spiro atoms. The maximum absolute atomic E-state index is 14.7. The highest BCUT2D eigenvalue weighted by molar-refractivity contribution is 6.00. The Morgan fingerprint density at radius 3 is 2.31 bits per heavy atom. The van der Waals surface area contributed by atoms with Crippen molar-refractivity contribution in [3.05, 3.63) is 71.8 Å². The van der Waals surface area contributed by atoms with Gasteiger partial charge in [-0.15, -0.1) is 0 Å². The van der Waals surface area contributed by atoms with Gasteiger partial charge in [0.2, 0.25) is 0 Å². The van der Waals surface area contributed by atoms with Crippen LogP contribution < -0.4 is 0 Å². The van der Waals surface area contributed by atoms with Gasteiger partial charge in [-0.3, -0.25) is 4.79 Å². The average Bonchev–Trinajstić information content (AvgIpc) is 2.78. The van der Waals surface area contributed by atoms with Crippen molar-refractivity contribution in [3.63, 3.8) is 0 Å². The molecular weight excluding hydrogens is 426 g/mol. The van der Waals surface area contributed by atoms with Gasteiger partial charge in [0.15, 0.2) is 5.82 Å². The Balaban J connectivity index is 1.78. The molecule has 2 heterocycles. The molecular formula is C22H21F4N5O. The highest BCUT2D eigenvalue weighted by Gasteiger charge is 2.31. The first-order valence-corrected chi connectivity index (χ1v) is 9.97. The molecule has 0 bridgehead atoms. The monoisotopic (exact) mass is 447 g/mol. The van der Waals surface area contributed by atoms with Crippen LogP contribution in [0.3, 0.4) is 0 Å². The van der Waals surface area contributed by atoms with E-state index in [-0.39, 0.29) is 35.2 Å². The van der Waals surface area contributed by atoms with Crippen molar-refractivity contribution in [2.24, 2.45) is 0 Å². The van der Waals surface area contributed by atoms with Gasteiger partial charge in [0.25, 0.3) is 5.91 Å². The van der Waals surface area contributed by atoms with Crippen molar-refractivity contribution in [2.45, 2.75) is 38.9 Å². The summed E-state index contributed by atoms with van der Waals surface area (Å²) < 4.78 is 52.7. The van der Waals surface area contributed by atoms with Crippen LogP contribution in [-0.2, 0) is 12.6 Å². The summed E-state index contributed by atoms with van der Waals surface area (Å²) in [5, 5.41) is 0. The summed E-state index contributed by atoms with van der Waals surface area (Å²) >= 11 is 0. The van der Waals surface area contributed by atoms with E-state index in [0.29, 0.717) is 13.0 Å². The molecule has 1 atom stereocenters. The summed E-state index contributed by atoms with van der Waals surface area (Å²) in [5.74, 6) is -0.736. The standard InChI is InChI=1S/C22H21F4N5O/c1-3-31(14(2)8-9-18-29-12-15(13-30-18)22(24,25)26)21(32)19-16(6-4-7-17(19)23)20-27-10-5-11-28-20/h4-7,10-14H,3,8-9H2,1-2H3/t14-/m0/s1. The molecule has 0 aliphatic carbocycles. The van der Waals surface area contributed by atoms with Crippen LogP contribution >= 0.6 is 0 Å². The molecule has 0 saturated heterocycles. The first-order chi connectivity index (χ1) is 15.2. The van der Waals surface area contributed by atoms with Gasteiger partial charge in [0.1, 0.15) is 11.6 Å². The van der Waals surface area contributed by atoms with Gasteiger partial charge in [-0.05, 0) is 32.4 Å². The number of nitrogens with zero attached hydrogens (tertiary/aromatic N) is 5. The summed E-state index contributed by atoms with van der Waals surface area (Å²) in [7, 11) is 0. The summed E-state index contributed by atoms with van der Waals surface area (Å²) in [6.45, 7) is 3.85. The minimum atomic E-state index is -4.50. The average molecular weight is 447 g/mol. The maximum atomic E-state index is 14.7. The second kappa shape index (κ2) is 9.80. The van der Waals surface area contributed by atoms with E-state index in [1.165, 1.54) is 29.4 Å². The van der Waals surface area contributed by atoms with Crippen LogP contribution in [0.1, 0.15) is 42.0 Å². The molecule has 3 aromatic rings. The van der Waals surface area contributed by atoms with Crippen molar-refractivity contribution in [2.75, 3.05) is 6.54 Å². The number of carbonyl (C=O) groups excluding carboxylic acids is 1. The van der Waals surface area contributed by atoms with Crippen LogP contribution in [0.25, 0.3) is 11.4 Å². The molecule has 0 unspecified atom stereocenters.